The predicted octanol–water partition coefficient (Wildman–Crippen LogP) is 5.82. The lowest BCUT2D eigenvalue weighted by molar-refractivity contribution is 0.0471. The molecule has 3 rings (SSSR count). The summed E-state index contributed by atoms with van der Waals surface area (Å²) in [7, 11) is 0. The number of rotatable bonds is 7. The van der Waals surface area contributed by atoms with Crippen LogP contribution in [0.2, 0.25) is 0 Å². The van der Waals surface area contributed by atoms with Crippen molar-refractivity contribution in [3.05, 3.63) is 76.3 Å². The van der Waals surface area contributed by atoms with Crippen molar-refractivity contribution in [1.29, 1.82) is 0 Å². The third-order valence-electron chi connectivity index (χ3n) is 3.72. The van der Waals surface area contributed by atoms with Gasteiger partial charge < -0.3 is 4.74 Å². The van der Waals surface area contributed by atoms with E-state index in [1.807, 2.05) is 67.1 Å². The number of carbonyl (C=O) groups is 1. The highest BCUT2D eigenvalue weighted by Crippen LogP contribution is 2.27. The molecule has 0 aliphatic carbocycles. The van der Waals surface area contributed by atoms with E-state index in [1.165, 1.54) is 4.90 Å². The molecule has 1 heterocycles. The Morgan fingerprint density at radius 3 is 2.62 bits per heavy atom. The van der Waals surface area contributed by atoms with E-state index in [1.54, 1.807) is 34.9 Å². The van der Waals surface area contributed by atoms with E-state index in [-0.39, 0.29) is 12.6 Å². The zero-order valence-corrected chi connectivity index (χ0v) is 17.0. The summed E-state index contributed by atoms with van der Waals surface area (Å²) in [5.41, 5.74) is 3.60. The van der Waals surface area contributed by atoms with E-state index in [9.17, 15) is 4.79 Å². The molecule has 3 aromatic rings. The Balaban J connectivity index is 1.63. The van der Waals surface area contributed by atoms with Crippen LogP contribution in [0.1, 0.15) is 27.2 Å². The van der Waals surface area contributed by atoms with Crippen LogP contribution >= 0.6 is 34.9 Å². The smallest absolute Gasteiger partial charge is 0.338 e. The van der Waals surface area contributed by atoms with Crippen molar-refractivity contribution in [2.24, 2.45) is 0 Å². The number of nitrogens with zero attached hydrogens (tertiary/aromatic N) is 1. The van der Waals surface area contributed by atoms with Gasteiger partial charge in [0.25, 0.3) is 0 Å². The van der Waals surface area contributed by atoms with E-state index in [0.717, 1.165) is 21.2 Å². The Bertz CT molecular complexity index is 875. The molecule has 134 valence electrons. The molecular weight excluding hydrogens is 382 g/mol. The van der Waals surface area contributed by atoms with Crippen LogP contribution in [0.4, 0.5) is 0 Å². The maximum Gasteiger partial charge on any atom is 0.338 e. The second-order valence-electron chi connectivity index (χ2n) is 5.62. The van der Waals surface area contributed by atoms with Crippen LogP contribution < -0.4 is 0 Å². The number of aryl methyl sites for hydroxylation is 1. The van der Waals surface area contributed by atoms with Gasteiger partial charge >= 0.3 is 5.97 Å². The largest absolute Gasteiger partial charge is 0.457 e. The molecular formula is C20H19NO2S3. The maximum absolute atomic E-state index is 12.5. The van der Waals surface area contributed by atoms with Crippen molar-refractivity contribution in [2.45, 2.75) is 28.5 Å². The first-order chi connectivity index (χ1) is 12.7. The van der Waals surface area contributed by atoms with Gasteiger partial charge in [0.2, 0.25) is 0 Å². The summed E-state index contributed by atoms with van der Waals surface area (Å²) in [6, 6.07) is 15.7. The van der Waals surface area contributed by atoms with Gasteiger partial charge in [-0.2, -0.15) is 0 Å². The van der Waals surface area contributed by atoms with Crippen molar-refractivity contribution < 1.29 is 9.53 Å². The van der Waals surface area contributed by atoms with Crippen molar-refractivity contribution >= 4 is 40.8 Å². The Morgan fingerprint density at radius 1 is 1.15 bits per heavy atom. The molecule has 0 atom stereocenters. The third kappa shape index (κ3) is 5.13. The predicted molar refractivity (Wildman–Crippen MR) is 110 cm³/mol. The first kappa shape index (κ1) is 19.0. The third-order valence-corrected chi connectivity index (χ3v) is 6.65. The Kier molecular flexibility index (Phi) is 6.77. The van der Waals surface area contributed by atoms with Gasteiger partial charge in [0.1, 0.15) is 10.9 Å². The number of ether oxygens (including phenoxy) is 1. The second-order valence-corrected chi connectivity index (χ2v) is 8.59. The Hall–Kier alpha value is -1.76. The van der Waals surface area contributed by atoms with Gasteiger partial charge in [0, 0.05) is 21.7 Å². The van der Waals surface area contributed by atoms with E-state index in [2.05, 4.69) is 4.98 Å². The fourth-order valence-corrected chi connectivity index (χ4v) is 4.59. The van der Waals surface area contributed by atoms with Gasteiger partial charge in [-0.1, -0.05) is 42.1 Å². The molecule has 1 aromatic heterocycles. The number of hydrogen-bond donors (Lipinski definition) is 0. The topological polar surface area (TPSA) is 39.2 Å². The number of thioether (sulfide) groups is 2. The number of carbonyl (C=O) groups excluding carboxylic acids is 1. The maximum atomic E-state index is 12.5. The molecule has 3 nitrogen and oxygen atoms in total. The fourth-order valence-electron chi connectivity index (χ4n) is 2.33. The average molecular weight is 402 g/mol. The zero-order chi connectivity index (χ0) is 18.4. The summed E-state index contributed by atoms with van der Waals surface area (Å²) in [4.78, 5) is 18.2. The number of hydrogen-bond acceptors (Lipinski definition) is 6. The summed E-state index contributed by atoms with van der Waals surface area (Å²) < 4.78 is 6.53. The average Bonchev–Trinajstić information content (AvgIpc) is 3.10. The van der Waals surface area contributed by atoms with Gasteiger partial charge in [-0.25, -0.2) is 9.78 Å². The molecule has 0 spiro atoms. The van der Waals surface area contributed by atoms with Crippen LogP contribution in [-0.2, 0) is 17.1 Å². The minimum absolute atomic E-state index is 0.278. The van der Waals surface area contributed by atoms with Crippen molar-refractivity contribution in [2.75, 3.05) is 6.26 Å². The first-order valence-electron chi connectivity index (χ1n) is 8.08. The second kappa shape index (κ2) is 9.26. The molecule has 0 radical (unpaired) electrons. The number of esters is 1. The molecule has 6 heteroatoms. The quantitative estimate of drug-likeness (QED) is 0.368. The first-order valence-corrected chi connectivity index (χ1v) is 11.2. The molecule has 26 heavy (non-hydrogen) atoms. The lowest BCUT2D eigenvalue weighted by atomic mass is 10.1. The molecule has 0 saturated heterocycles. The Morgan fingerprint density at radius 2 is 1.92 bits per heavy atom. The molecule has 0 N–H and O–H groups in total. The molecule has 0 amide bonds. The molecule has 0 unspecified atom stereocenters. The molecule has 0 aliphatic rings. The summed E-state index contributed by atoms with van der Waals surface area (Å²) in [5.74, 6) is 0.408. The van der Waals surface area contributed by atoms with Gasteiger partial charge in [-0.15, -0.1) is 23.1 Å². The van der Waals surface area contributed by atoms with E-state index in [4.69, 9.17) is 4.74 Å². The molecule has 2 aromatic carbocycles. The highest BCUT2D eigenvalue weighted by atomic mass is 32.2. The summed E-state index contributed by atoms with van der Waals surface area (Å²) >= 11 is 4.96. The standard InChI is InChI=1S/C20H19NO2S3/c1-14-12-25-20(21-14)26-13-16-5-3-4-6-18(16)19(22)23-11-15-7-9-17(24-2)10-8-15/h3-10,12H,11,13H2,1-2H3. The van der Waals surface area contributed by atoms with Crippen molar-refractivity contribution in [3.63, 3.8) is 0 Å². The van der Waals surface area contributed by atoms with Gasteiger partial charge in [0.05, 0.1) is 5.56 Å². The van der Waals surface area contributed by atoms with Crippen LogP contribution in [0.25, 0.3) is 0 Å². The van der Waals surface area contributed by atoms with E-state index < -0.39 is 0 Å². The van der Waals surface area contributed by atoms with Crippen LogP contribution in [-0.4, -0.2) is 17.2 Å². The van der Waals surface area contributed by atoms with E-state index in [0.29, 0.717) is 11.3 Å². The Labute approximate surface area is 166 Å². The van der Waals surface area contributed by atoms with Gasteiger partial charge in [-0.05, 0) is 42.5 Å². The minimum atomic E-state index is -0.287. The zero-order valence-electron chi connectivity index (χ0n) is 14.6. The van der Waals surface area contributed by atoms with E-state index >= 15 is 0 Å². The highest BCUT2D eigenvalue weighted by Gasteiger charge is 2.13. The number of benzene rings is 2. The van der Waals surface area contributed by atoms with Crippen molar-refractivity contribution in [3.8, 4) is 0 Å². The minimum Gasteiger partial charge on any atom is -0.457 e. The molecule has 0 saturated carbocycles. The lowest BCUT2D eigenvalue weighted by Crippen LogP contribution is -2.08. The molecule has 0 aliphatic heterocycles. The molecule has 0 fully saturated rings. The fraction of sp³-hybridized carbons (Fsp3) is 0.200. The number of aromatic nitrogens is 1. The number of thiazole rings is 1. The lowest BCUT2D eigenvalue weighted by Gasteiger charge is -2.09. The monoisotopic (exact) mass is 401 g/mol. The normalized spacial score (nSPS) is 10.7. The van der Waals surface area contributed by atoms with Gasteiger partial charge in [0.15, 0.2) is 0 Å². The summed E-state index contributed by atoms with van der Waals surface area (Å²) in [6.45, 7) is 2.26. The van der Waals surface area contributed by atoms with Crippen LogP contribution in [0.5, 0.6) is 0 Å². The molecule has 0 bridgehead atoms. The van der Waals surface area contributed by atoms with Gasteiger partial charge in [-0.3, -0.25) is 0 Å². The van der Waals surface area contributed by atoms with Crippen LogP contribution in [0.15, 0.2) is 63.1 Å². The van der Waals surface area contributed by atoms with Crippen LogP contribution in [0, 0.1) is 6.92 Å². The SMILES string of the molecule is CSc1ccc(COC(=O)c2ccccc2CSc2nc(C)cs2)cc1. The summed E-state index contributed by atoms with van der Waals surface area (Å²) in [6.07, 6.45) is 2.04. The summed E-state index contributed by atoms with van der Waals surface area (Å²) in [5, 5.41) is 2.03. The van der Waals surface area contributed by atoms with Crippen LogP contribution in [0.3, 0.4) is 0 Å². The van der Waals surface area contributed by atoms with Crippen molar-refractivity contribution in [1.82, 2.24) is 4.98 Å². The highest BCUT2D eigenvalue weighted by molar-refractivity contribution is 8.00.